The van der Waals surface area contributed by atoms with Crippen LogP contribution in [-0.4, -0.2) is 10.5 Å². The number of rotatable bonds is 4. The highest BCUT2D eigenvalue weighted by Crippen LogP contribution is 2.44. The van der Waals surface area contributed by atoms with Crippen molar-refractivity contribution in [2.24, 2.45) is 0 Å². The van der Waals surface area contributed by atoms with Crippen LogP contribution in [-0.2, 0) is 11.3 Å². The van der Waals surface area contributed by atoms with Crippen LogP contribution in [0.25, 0.3) is 10.9 Å². The van der Waals surface area contributed by atoms with Crippen molar-refractivity contribution in [3.63, 3.8) is 0 Å². The van der Waals surface area contributed by atoms with Crippen LogP contribution >= 0.6 is 0 Å². The molecule has 4 heteroatoms. The number of pyridine rings is 1. The van der Waals surface area contributed by atoms with Gasteiger partial charge in [-0.1, -0.05) is 30.3 Å². The minimum absolute atomic E-state index is 0.0732. The fourth-order valence-electron chi connectivity index (χ4n) is 4.60. The van der Waals surface area contributed by atoms with Crippen LogP contribution in [0.5, 0.6) is 0 Å². The zero-order chi connectivity index (χ0) is 19.3. The average Bonchev–Trinajstić information content (AvgIpc) is 3.49. The van der Waals surface area contributed by atoms with Crippen LogP contribution in [0.1, 0.15) is 55.7 Å². The molecule has 0 bridgehead atoms. The van der Waals surface area contributed by atoms with Crippen molar-refractivity contribution < 1.29 is 4.79 Å². The van der Waals surface area contributed by atoms with Crippen LogP contribution in [0.4, 0.5) is 5.69 Å². The first-order valence-corrected chi connectivity index (χ1v) is 10.2. The molecular formula is C24H24N2O2. The Hall–Kier alpha value is -2.88. The van der Waals surface area contributed by atoms with Crippen LogP contribution in [0.3, 0.4) is 0 Å². The third-order valence-electron chi connectivity index (χ3n) is 6.13. The Morgan fingerprint density at radius 3 is 2.46 bits per heavy atom. The van der Waals surface area contributed by atoms with Crippen molar-refractivity contribution in [3.8, 4) is 0 Å². The topological polar surface area (TPSA) is 42.3 Å². The summed E-state index contributed by atoms with van der Waals surface area (Å²) in [5, 5.41) is 1.12. The lowest BCUT2D eigenvalue weighted by atomic mass is 10.0. The standard InChI is InChI=1S/C24H24N2O2/c1-2-25-22-11-10-18(14-20(22)19(15-24(25)28)16-8-9-16)26-21(12-13-23(26)27)17-6-4-3-5-7-17/h3-7,10-11,14-16,21H,2,8-9,12-13H2,1H3. The van der Waals surface area contributed by atoms with Crippen molar-refractivity contribution in [2.45, 2.75) is 51.1 Å². The van der Waals surface area contributed by atoms with E-state index in [0.717, 1.165) is 41.4 Å². The van der Waals surface area contributed by atoms with Crippen molar-refractivity contribution in [3.05, 3.63) is 76.1 Å². The fourth-order valence-corrected chi connectivity index (χ4v) is 4.60. The van der Waals surface area contributed by atoms with Gasteiger partial charge in [0, 0.05) is 30.1 Å². The Balaban J connectivity index is 1.66. The molecule has 1 atom stereocenters. The first-order chi connectivity index (χ1) is 13.7. The highest BCUT2D eigenvalue weighted by Gasteiger charge is 2.34. The van der Waals surface area contributed by atoms with E-state index in [4.69, 9.17) is 0 Å². The third kappa shape index (κ3) is 2.75. The van der Waals surface area contributed by atoms with Gasteiger partial charge in [-0.2, -0.15) is 0 Å². The van der Waals surface area contributed by atoms with Crippen molar-refractivity contribution in [1.82, 2.24) is 4.57 Å². The van der Waals surface area contributed by atoms with Gasteiger partial charge in [-0.05, 0) is 61.4 Å². The van der Waals surface area contributed by atoms with Crippen molar-refractivity contribution >= 4 is 22.5 Å². The number of anilines is 1. The van der Waals surface area contributed by atoms with Gasteiger partial charge in [-0.15, -0.1) is 0 Å². The van der Waals surface area contributed by atoms with Gasteiger partial charge in [0.1, 0.15) is 0 Å². The second kappa shape index (κ2) is 6.62. The van der Waals surface area contributed by atoms with E-state index in [1.165, 1.54) is 5.56 Å². The smallest absolute Gasteiger partial charge is 0.251 e. The summed E-state index contributed by atoms with van der Waals surface area (Å²) in [6.07, 6.45) is 3.70. The predicted molar refractivity (Wildman–Crippen MR) is 112 cm³/mol. The Morgan fingerprint density at radius 2 is 1.75 bits per heavy atom. The fraction of sp³-hybridized carbons (Fsp3) is 0.333. The number of nitrogens with zero attached hydrogens (tertiary/aromatic N) is 2. The van der Waals surface area contributed by atoms with Gasteiger partial charge < -0.3 is 9.47 Å². The molecule has 1 aliphatic carbocycles. The molecule has 0 N–H and O–H groups in total. The number of fused-ring (bicyclic) bond motifs is 1. The number of carbonyl (C=O) groups is 1. The lowest BCUT2D eigenvalue weighted by Crippen LogP contribution is -2.27. The quantitative estimate of drug-likeness (QED) is 0.662. The maximum absolute atomic E-state index is 12.8. The summed E-state index contributed by atoms with van der Waals surface area (Å²) in [5.74, 6) is 0.654. The number of hydrogen-bond donors (Lipinski definition) is 0. The molecule has 5 rings (SSSR count). The number of hydrogen-bond acceptors (Lipinski definition) is 2. The van der Waals surface area contributed by atoms with Gasteiger partial charge in [0.2, 0.25) is 5.91 Å². The summed E-state index contributed by atoms with van der Waals surface area (Å²) < 4.78 is 1.82. The Labute approximate surface area is 164 Å². The van der Waals surface area contributed by atoms with E-state index in [2.05, 4.69) is 18.2 Å². The monoisotopic (exact) mass is 372 g/mol. The SMILES string of the molecule is CCn1c(=O)cc(C2CC2)c2cc(N3C(=O)CCC3c3ccccc3)ccc21. The molecule has 0 spiro atoms. The molecule has 4 nitrogen and oxygen atoms in total. The molecule has 2 heterocycles. The molecule has 1 aliphatic heterocycles. The maximum atomic E-state index is 12.8. The van der Waals surface area contributed by atoms with E-state index in [9.17, 15) is 9.59 Å². The molecular weight excluding hydrogens is 348 g/mol. The summed E-state index contributed by atoms with van der Waals surface area (Å²) in [5.41, 5.74) is 4.31. The Bertz CT molecular complexity index is 1110. The maximum Gasteiger partial charge on any atom is 0.251 e. The first kappa shape index (κ1) is 17.2. The summed E-state index contributed by atoms with van der Waals surface area (Å²) in [7, 11) is 0. The highest BCUT2D eigenvalue weighted by molar-refractivity contribution is 5.99. The second-order valence-electron chi connectivity index (χ2n) is 7.89. The van der Waals surface area contributed by atoms with Gasteiger partial charge in [0.05, 0.1) is 11.6 Å². The largest absolute Gasteiger partial charge is 0.309 e. The normalized spacial score (nSPS) is 19.5. The van der Waals surface area contributed by atoms with Crippen LogP contribution in [0, 0.1) is 0 Å². The number of aryl methyl sites for hydroxylation is 1. The molecule has 3 aromatic rings. The minimum atomic E-state index is 0.0732. The Morgan fingerprint density at radius 1 is 0.964 bits per heavy atom. The number of amides is 1. The molecule has 2 aliphatic rings. The predicted octanol–water partition coefficient (Wildman–Crippen LogP) is 4.77. The van der Waals surface area contributed by atoms with Gasteiger partial charge >= 0.3 is 0 Å². The van der Waals surface area contributed by atoms with E-state index in [-0.39, 0.29) is 17.5 Å². The van der Waals surface area contributed by atoms with Crippen LogP contribution in [0.15, 0.2) is 59.4 Å². The summed E-state index contributed by atoms with van der Waals surface area (Å²) >= 11 is 0. The van der Waals surface area contributed by atoms with E-state index in [0.29, 0.717) is 18.9 Å². The van der Waals surface area contributed by atoms with Crippen LogP contribution < -0.4 is 10.5 Å². The lowest BCUT2D eigenvalue weighted by molar-refractivity contribution is -0.117. The van der Waals surface area contributed by atoms with E-state index in [1.807, 2.05) is 52.8 Å². The molecule has 1 unspecified atom stereocenters. The van der Waals surface area contributed by atoms with Crippen molar-refractivity contribution in [2.75, 3.05) is 4.90 Å². The summed E-state index contributed by atoms with van der Waals surface area (Å²) in [6, 6.07) is 18.3. The molecule has 142 valence electrons. The molecule has 2 aromatic carbocycles. The molecule has 1 aromatic heterocycles. The van der Waals surface area contributed by atoms with E-state index < -0.39 is 0 Å². The molecule has 1 amide bonds. The van der Waals surface area contributed by atoms with E-state index in [1.54, 1.807) is 0 Å². The number of aromatic nitrogens is 1. The third-order valence-corrected chi connectivity index (χ3v) is 6.13. The second-order valence-corrected chi connectivity index (χ2v) is 7.89. The molecule has 1 saturated carbocycles. The van der Waals surface area contributed by atoms with Gasteiger partial charge in [-0.3, -0.25) is 9.59 Å². The van der Waals surface area contributed by atoms with Crippen molar-refractivity contribution in [1.29, 1.82) is 0 Å². The van der Waals surface area contributed by atoms with Gasteiger partial charge in [0.25, 0.3) is 5.56 Å². The summed E-state index contributed by atoms with van der Waals surface area (Å²) in [6.45, 7) is 2.65. The highest BCUT2D eigenvalue weighted by atomic mass is 16.2. The van der Waals surface area contributed by atoms with Crippen LogP contribution in [0.2, 0.25) is 0 Å². The average molecular weight is 372 g/mol. The minimum Gasteiger partial charge on any atom is -0.309 e. The first-order valence-electron chi connectivity index (χ1n) is 10.2. The molecule has 2 fully saturated rings. The van der Waals surface area contributed by atoms with E-state index >= 15 is 0 Å². The molecule has 0 radical (unpaired) electrons. The lowest BCUT2D eigenvalue weighted by Gasteiger charge is -2.26. The van der Waals surface area contributed by atoms with Gasteiger partial charge in [0.15, 0.2) is 0 Å². The Kier molecular flexibility index (Phi) is 4.08. The summed E-state index contributed by atoms with van der Waals surface area (Å²) in [4.78, 5) is 27.3. The van der Waals surface area contributed by atoms with Gasteiger partial charge in [-0.25, -0.2) is 0 Å². The zero-order valence-corrected chi connectivity index (χ0v) is 16.1. The molecule has 1 saturated heterocycles. The number of carbonyl (C=O) groups excluding carboxylic acids is 1. The number of benzene rings is 2. The zero-order valence-electron chi connectivity index (χ0n) is 16.1. The molecule has 28 heavy (non-hydrogen) atoms.